The first kappa shape index (κ1) is 31.1. The van der Waals surface area contributed by atoms with Gasteiger partial charge in [0, 0.05) is 0 Å². The van der Waals surface area contributed by atoms with Crippen LogP contribution in [-0.4, -0.2) is 0 Å². The van der Waals surface area contributed by atoms with Gasteiger partial charge < -0.3 is 43.1 Å². The maximum atomic E-state index is 10.1. The van der Waals surface area contributed by atoms with Gasteiger partial charge >= 0.3 is 39.0 Å². The van der Waals surface area contributed by atoms with Gasteiger partial charge in [0.2, 0.25) is 0 Å². The van der Waals surface area contributed by atoms with E-state index in [9.17, 15) is 12.6 Å². The topological polar surface area (TPSA) is 190 Å². The molecule has 0 fully saturated rings. The van der Waals surface area contributed by atoms with Crippen molar-refractivity contribution in [1.29, 1.82) is 0 Å². The van der Waals surface area contributed by atoms with Crippen LogP contribution >= 0.6 is 23.7 Å². The Kier molecular flexibility index (Phi) is 22.9. The summed E-state index contributed by atoms with van der Waals surface area (Å²) >= 11 is 0. The standard InChI is InChI=1S/3FH2O3P.2Ru/c3*1-5(2,3)4;;/h3*(H2,2,3,4);;/q;;;2*+3/p-6. The van der Waals surface area contributed by atoms with E-state index >= 15 is 0 Å². The molecule has 17 heteroatoms. The smallest absolute Gasteiger partial charge is 0.786 e. The van der Waals surface area contributed by atoms with Crippen LogP contribution in [0, 0.1) is 0 Å². The van der Waals surface area contributed by atoms with Crippen molar-refractivity contribution in [2.45, 2.75) is 0 Å². The molecule has 0 amide bonds. The Labute approximate surface area is 118 Å². The van der Waals surface area contributed by atoms with E-state index in [0.29, 0.717) is 0 Å². The number of hydrogen-bond donors (Lipinski definition) is 0. The molecule has 0 heterocycles. The molecule has 0 rings (SSSR count). The molecule has 0 unspecified atom stereocenters. The fourth-order valence-corrected chi connectivity index (χ4v) is 0. The van der Waals surface area contributed by atoms with E-state index in [1.165, 1.54) is 0 Å². The molecular weight excluding hydrogens is 496 g/mol. The van der Waals surface area contributed by atoms with Crippen LogP contribution in [-0.2, 0) is 52.7 Å². The van der Waals surface area contributed by atoms with Crippen LogP contribution in [0.5, 0.6) is 0 Å². The van der Waals surface area contributed by atoms with Gasteiger partial charge in [0.15, 0.2) is 0 Å². The molecule has 0 saturated heterocycles. The minimum absolute atomic E-state index is 0. The van der Waals surface area contributed by atoms with Crippen molar-refractivity contribution in [3.05, 3.63) is 0 Å². The van der Waals surface area contributed by atoms with Crippen molar-refractivity contribution in [3.63, 3.8) is 0 Å². The Morgan fingerprint density at radius 1 is 0.529 bits per heavy atom. The largest absolute Gasteiger partial charge is 3.00 e. The summed E-state index contributed by atoms with van der Waals surface area (Å²) in [6.07, 6.45) is 0. The van der Waals surface area contributed by atoms with E-state index in [1.807, 2.05) is 0 Å². The predicted octanol–water partition coefficient (Wildman–Crippen LogP) is -3.65. The molecule has 0 aliphatic heterocycles. The zero-order valence-electron chi connectivity index (χ0n) is 6.86. The van der Waals surface area contributed by atoms with Crippen LogP contribution in [0.25, 0.3) is 0 Å². The second kappa shape index (κ2) is 12.5. The van der Waals surface area contributed by atoms with Gasteiger partial charge in [0.25, 0.3) is 0 Å². The van der Waals surface area contributed by atoms with Gasteiger partial charge in [0.1, 0.15) is 23.7 Å². The predicted molar refractivity (Wildman–Crippen MR) is 26.1 cm³/mol. The Hall–Kier alpha value is 1.49. The molecule has 0 bridgehead atoms. The van der Waals surface area contributed by atoms with Gasteiger partial charge in [-0.15, -0.1) is 0 Å². The quantitative estimate of drug-likeness (QED) is 0.241. The molecule has 0 aliphatic carbocycles. The maximum Gasteiger partial charge on any atom is 3.00 e. The average Bonchev–Trinajstić information content (AvgIpc) is 1.41. The molecule has 0 aliphatic rings. The zero-order valence-corrected chi connectivity index (χ0v) is 13.0. The summed E-state index contributed by atoms with van der Waals surface area (Å²) in [5, 5.41) is 0. The van der Waals surface area contributed by atoms with Gasteiger partial charge in [0.05, 0.1) is 0 Å². The summed E-state index contributed by atoms with van der Waals surface area (Å²) in [7, 11) is -16.9. The third kappa shape index (κ3) is 1900. The minimum Gasteiger partial charge on any atom is -0.786 e. The molecule has 0 saturated carbocycles. The summed E-state index contributed by atoms with van der Waals surface area (Å²) in [5.74, 6) is 0. The van der Waals surface area contributed by atoms with E-state index in [-0.39, 0.29) is 39.0 Å². The average molecular weight is 496 g/mol. The van der Waals surface area contributed by atoms with Crippen LogP contribution in [0.1, 0.15) is 0 Å². The normalized spacial score (nSPS) is 10.4. The van der Waals surface area contributed by atoms with E-state index in [0.717, 1.165) is 0 Å². The third-order valence-corrected chi connectivity index (χ3v) is 0. The van der Waals surface area contributed by atoms with Gasteiger partial charge in [-0.3, -0.25) is 0 Å². The molecule has 0 N–H and O–H groups in total. The van der Waals surface area contributed by atoms with Crippen molar-refractivity contribution in [2.75, 3.05) is 0 Å². The summed E-state index contributed by atoms with van der Waals surface area (Å²) < 4.78 is 55.7. The Morgan fingerprint density at radius 2 is 0.529 bits per heavy atom. The molecule has 2 radical (unpaired) electrons. The number of halogens is 3. The molecule has 17 heavy (non-hydrogen) atoms. The third-order valence-electron chi connectivity index (χ3n) is 0. The summed E-state index contributed by atoms with van der Waals surface area (Å²) in [6.45, 7) is 0. The first-order valence-corrected chi connectivity index (χ1v) is 6.45. The van der Waals surface area contributed by atoms with Gasteiger partial charge in [-0.2, -0.15) is 0 Å². The minimum atomic E-state index is -5.64. The molecule has 0 aromatic rings. The zero-order chi connectivity index (χ0) is 13.5. The van der Waals surface area contributed by atoms with Gasteiger partial charge in [-0.25, -0.2) is 12.6 Å². The number of hydrogen-bond acceptors (Lipinski definition) is 9. The Balaban J connectivity index is -0.0000000400. The molecule has 0 aromatic heterocycles. The van der Waals surface area contributed by atoms with Crippen molar-refractivity contribution < 1.29 is 94.6 Å². The van der Waals surface area contributed by atoms with Crippen molar-refractivity contribution in [1.82, 2.24) is 0 Å². The van der Waals surface area contributed by atoms with Crippen LogP contribution in [0.2, 0.25) is 0 Å². The van der Waals surface area contributed by atoms with Gasteiger partial charge in [-0.05, 0) is 0 Å². The second-order valence-corrected chi connectivity index (χ2v) is 3.88. The summed E-state index contributed by atoms with van der Waals surface area (Å²) in [5.41, 5.74) is 0. The van der Waals surface area contributed by atoms with E-state index in [1.54, 1.807) is 0 Å². The Morgan fingerprint density at radius 3 is 0.529 bits per heavy atom. The van der Waals surface area contributed by atoms with Crippen LogP contribution < -0.4 is 29.4 Å². The van der Waals surface area contributed by atoms with E-state index in [4.69, 9.17) is 43.1 Å². The molecule has 9 nitrogen and oxygen atoms in total. The molecule has 0 spiro atoms. The monoisotopic (exact) mass is 498 g/mol. The summed E-state index contributed by atoms with van der Waals surface area (Å²) in [6, 6.07) is 0. The molecule has 106 valence electrons. The Bertz CT molecular complexity index is 216. The molecular formula is F3O9P3Ru2. The van der Waals surface area contributed by atoms with Crippen LogP contribution in [0.15, 0.2) is 0 Å². The van der Waals surface area contributed by atoms with Crippen LogP contribution in [0.4, 0.5) is 12.6 Å². The fraction of sp³-hybridized carbons (Fsp3) is 0. The number of rotatable bonds is 0. The van der Waals surface area contributed by atoms with Gasteiger partial charge in [-0.1, -0.05) is 0 Å². The maximum absolute atomic E-state index is 10.1. The molecule has 0 atom stereocenters. The second-order valence-electron chi connectivity index (χ2n) is 1.29. The summed E-state index contributed by atoms with van der Waals surface area (Å²) in [4.78, 5) is 50.6. The molecule has 0 aromatic carbocycles. The van der Waals surface area contributed by atoms with E-state index in [2.05, 4.69) is 0 Å². The van der Waals surface area contributed by atoms with E-state index < -0.39 is 23.7 Å². The first-order chi connectivity index (χ1) is 6.00. The fourth-order valence-electron chi connectivity index (χ4n) is 0. The van der Waals surface area contributed by atoms with Crippen molar-refractivity contribution >= 4 is 23.7 Å². The SMILES string of the molecule is O=P([O-])([O-])F.O=P([O-])([O-])F.O=P([O-])([O-])F.[Ru+3].[Ru+3]. The van der Waals surface area contributed by atoms with Crippen LogP contribution in [0.3, 0.4) is 0 Å². The van der Waals surface area contributed by atoms with Crippen molar-refractivity contribution in [2.24, 2.45) is 0 Å². The first-order valence-electron chi connectivity index (χ1n) is 2.15. The van der Waals surface area contributed by atoms with Crippen molar-refractivity contribution in [3.8, 4) is 0 Å².